The number of hydrogen-bond acceptors (Lipinski definition) is 1. The van der Waals surface area contributed by atoms with E-state index in [1.54, 1.807) is 0 Å². The van der Waals surface area contributed by atoms with Gasteiger partial charge in [0.2, 0.25) is 0 Å². The Morgan fingerprint density at radius 2 is 2.05 bits per heavy atom. The van der Waals surface area contributed by atoms with Crippen LogP contribution in [0.4, 0.5) is 0 Å². The number of hydrogen-bond donors (Lipinski definition) is 1. The van der Waals surface area contributed by atoms with Crippen molar-refractivity contribution in [1.29, 1.82) is 0 Å². The minimum absolute atomic E-state index is 0.00795. The van der Waals surface area contributed by atoms with Crippen LogP contribution in [0.25, 0.3) is 0 Å². The van der Waals surface area contributed by atoms with Gasteiger partial charge < -0.3 is 5.32 Å². The first-order chi connectivity index (χ1) is 9.15. The molecule has 1 amide bonds. The molecule has 0 unspecified atom stereocenters. The van der Waals surface area contributed by atoms with Crippen LogP contribution in [-0.2, 0) is 0 Å². The summed E-state index contributed by atoms with van der Waals surface area (Å²) in [6.07, 6.45) is 6.01. The number of carbonyl (C=O) groups is 1. The Balaban J connectivity index is 1.95. The fraction of sp³-hybridized carbons (Fsp3) is 0.533. The molecule has 1 aliphatic carbocycles. The van der Waals surface area contributed by atoms with Crippen LogP contribution < -0.4 is 5.32 Å². The van der Waals surface area contributed by atoms with Crippen LogP contribution in [0.2, 0.25) is 0 Å². The number of halogens is 2. The highest BCUT2D eigenvalue weighted by molar-refractivity contribution is 14.1. The van der Waals surface area contributed by atoms with Gasteiger partial charge in [0, 0.05) is 27.0 Å². The van der Waals surface area contributed by atoms with Crippen LogP contribution in [-0.4, -0.2) is 18.3 Å². The van der Waals surface area contributed by atoms with Crippen molar-refractivity contribution >= 4 is 40.1 Å². The van der Waals surface area contributed by atoms with Crippen LogP contribution in [0.3, 0.4) is 0 Å². The van der Waals surface area contributed by atoms with Crippen LogP contribution in [0.15, 0.2) is 24.3 Å². The molecule has 1 fully saturated rings. The maximum Gasteiger partial charge on any atom is 0.251 e. The van der Waals surface area contributed by atoms with E-state index >= 15 is 0 Å². The van der Waals surface area contributed by atoms with Crippen molar-refractivity contribution in [2.75, 3.05) is 12.4 Å². The Kier molecular flexibility index (Phi) is 5.51. The van der Waals surface area contributed by atoms with E-state index in [0.717, 1.165) is 22.0 Å². The Morgan fingerprint density at radius 3 is 2.68 bits per heavy atom. The second-order valence-electron chi connectivity index (χ2n) is 5.39. The summed E-state index contributed by atoms with van der Waals surface area (Å²) >= 11 is 8.36. The molecule has 19 heavy (non-hydrogen) atoms. The lowest BCUT2D eigenvalue weighted by atomic mass is 9.75. The summed E-state index contributed by atoms with van der Waals surface area (Å²) in [6, 6.07) is 7.66. The van der Waals surface area contributed by atoms with Crippen molar-refractivity contribution < 1.29 is 4.79 Å². The van der Waals surface area contributed by atoms with E-state index in [4.69, 9.17) is 11.6 Å². The largest absolute Gasteiger partial charge is 0.351 e. The highest BCUT2D eigenvalue weighted by Gasteiger charge is 2.31. The molecule has 0 aromatic heterocycles. The first kappa shape index (κ1) is 15.1. The van der Waals surface area contributed by atoms with Gasteiger partial charge in [0.1, 0.15) is 0 Å². The van der Waals surface area contributed by atoms with E-state index in [0.29, 0.717) is 12.4 Å². The fourth-order valence-corrected chi connectivity index (χ4v) is 3.56. The summed E-state index contributed by atoms with van der Waals surface area (Å²) in [5.74, 6) is 0.646. The minimum atomic E-state index is 0.00795. The Morgan fingerprint density at radius 1 is 1.32 bits per heavy atom. The molecule has 2 rings (SSSR count). The molecule has 1 N–H and O–H groups in total. The molecule has 1 aromatic carbocycles. The third kappa shape index (κ3) is 4.09. The first-order valence-electron chi connectivity index (χ1n) is 6.75. The summed E-state index contributed by atoms with van der Waals surface area (Å²) in [6.45, 7) is 0.695. The summed E-state index contributed by atoms with van der Waals surface area (Å²) in [4.78, 5) is 12.1. The number of rotatable bonds is 4. The summed E-state index contributed by atoms with van der Waals surface area (Å²) in [7, 11) is 0. The maximum atomic E-state index is 12.1. The summed E-state index contributed by atoms with van der Waals surface area (Å²) < 4.78 is 1.08. The van der Waals surface area contributed by atoms with E-state index < -0.39 is 0 Å². The van der Waals surface area contributed by atoms with Crippen molar-refractivity contribution in [3.8, 4) is 0 Å². The quantitative estimate of drug-likeness (QED) is 0.604. The molecule has 1 aliphatic rings. The number of alkyl halides is 1. The molecule has 104 valence electrons. The molecular weight excluding hydrogens is 373 g/mol. The van der Waals surface area contributed by atoms with Crippen molar-refractivity contribution in [3.63, 3.8) is 0 Å². The molecule has 0 aliphatic heterocycles. The van der Waals surface area contributed by atoms with Crippen LogP contribution >= 0.6 is 34.2 Å². The molecular formula is C15H19ClINO. The standard InChI is InChI=1S/C15H19ClINO/c16-10-15(7-2-1-3-8-15)11-18-14(19)12-5-4-6-13(17)9-12/h4-6,9H,1-3,7-8,10-11H2,(H,18,19). The molecule has 0 radical (unpaired) electrons. The lowest BCUT2D eigenvalue weighted by molar-refractivity contribution is 0.0921. The van der Waals surface area contributed by atoms with Gasteiger partial charge >= 0.3 is 0 Å². The second kappa shape index (κ2) is 6.93. The van der Waals surface area contributed by atoms with E-state index in [-0.39, 0.29) is 11.3 Å². The van der Waals surface area contributed by atoms with Gasteiger partial charge in [-0.3, -0.25) is 4.79 Å². The number of benzene rings is 1. The molecule has 2 nitrogen and oxygen atoms in total. The van der Waals surface area contributed by atoms with Gasteiger partial charge in [0.05, 0.1) is 0 Å². The highest BCUT2D eigenvalue weighted by atomic mass is 127. The number of carbonyl (C=O) groups excluding carboxylic acids is 1. The van der Waals surface area contributed by atoms with Crippen molar-refractivity contribution in [2.45, 2.75) is 32.1 Å². The third-order valence-electron chi connectivity index (χ3n) is 3.91. The molecule has 0 bridgehead atoms. The summed E-state index contributed by atoms with van der Waals surface area (Å²) in [5, 5.41) is 3.06. The van der Waals surface area contributed by atoms with Crippen molar-refractivity contribution in [3.05, 3.63) is 33.4 Å². The highest BCUT2D eigenvalue weighted by Crippen LogP contribution is 2.36. The topological polar surface area (TPSA) is 29.1 Å². The molecule has 0 saturated heterocycles. The Hall–Kier alpha value is -0.290. The van der Waals surface area contributed by atoms with Crippen LogP contribution in [0.5, 0.6) is 0 Å². The number of nitrogens with one attached hydrogen (secondary N) is 1. The van der Waals surface area contributed by atoms with Gasteiger partial charge in [-0.05, 0) is 53.6 Å². The SMILES string of the molecule is O=C(NCC1(CCl)CCCCC1)c1cccc(I)c1. The predicted octanol–water partition coefficient (Wildman–Crippen LogP) is 4.21. The maximum absolute atomic E-state index is 12.1. The first-order valence-corrected chi connectivity index (χ1v) is 8.36. The van der Waals surface area contributed by atoms with Crippen LogP contribution in [0, 0.1) is 8.99 Å². The van der Waals surface area contributed by atoms with Gasteiger partial charge in [0.15, 0.2) is 0 Å². The average Bonchev–Trinajstić information content (AvgIpc) is 2.46. The van der Waals surface area contributed by atoms with Gasteiger partial charge in [-0.25, -0.2) is 0 Å². The average molecular weight is 392 g/mol. The summed E-state index contributed by atoms with van der Waals surface area (Å²) in [5.41, 5.74) is 0.838. The van der Waals surface area contributed by atoms with E-state index in [2.05, 4.69) is 27.9 Å². The lowest BCUT2D eigenvalue weighted by Crippen LogP contribution is -2.40. The second-order valence-corrected chi connectivity index (χ2v) is 6.90. The molecule has 4 heteroatoms. The van der Waals surface area contributed by atoms with E-state index in [1.165, 1.54) is 19.3 Å². The Bertz CT molecular complexity index is 444. The van der Waals surface area contributed by atoms with Crippen molar-refractivity contribution in [2.24, 2.45) is 5.41 Å². The van der Waals surface area contributed by atoms with Gasteiger partial charge in [0.25, 0.3) is 5.91 Å². The lowest BCUT2D eigenvalue weighted by Gasteiger charge is -2.35. The Labute approximate surface area is 133 Å². The van der Waals surface area contributed by atoms with E-state index in [9.17, 15) is 4.79 Å². The van der Waals surface area contributed by atoms with E-state index in [1.807, 2.05) is 24.3 Å². The normalized spacial score (nSPS) is 18.0. The van der Waals surface area contributed by atoms with Crippen molar-refractivity contribution in [1.82, 2.24) is 5.32 Å². The van der Waals surface area contributed by atoms with Gasteiger partial charge in [-0.1, -0.05) is 25.3 Å². The van der Waals surface area contributed by atoms with Gasteiger partial charge in [-0.15, -0.1) is 11.6 Å². The molecule has 0 heterocycles. The van der Waals surface area contributed by atoms with Crippen LogP contribution in [0.1, 0.15) is 42.5 Å². The smallest absolute Gasteiger partial charge is 0.251 e. The fourth-order valence-electron chi connectivity index (χ4n) is 2.66. The minimum Gasteiger partial charge on any atom is -0.351 e. The zero-order valence-electron chi connectivity index (χ0n) is 10.9. The molecule has 0 atom stereocenters. The zero-order valence-corrected chi connectivity index (χ0v) is 13.8. The van der Waals surface area contributed by atoms with Gasteiger partial charge in [-0.2, -0.15) is 0 Å². The molecule has 0 spiro atoms. The number of amides is 1. The third-order valence-corrected chi connectivity index (χ3v) is 5.15. The molecule has 1 aromatic rings. The molecule has 1 saturated carbocycles. The zero-order chi connectivity index (χ0) is 13.7. The monoisotopic (exact) mass is 391 g/mol. The predicted molar refractivity (Wildman–Crippen MR) is 87.7 cm³/mol.